The monoisotopic (exact) mass is 270 g/mol. The summed E-state index contributed by atoms with van der Waals surface area (Å²) in [4.78, 5) is 25.0. The van der Waals surface area contributed by atoms with Crippen LogP contribution in [-0.4, -0.2) is 48.1 Å². The van der Waals surface area contributed by atoms with Gasteiger partial charge in [0, 0.05) is 26.1 Å². The van der Waals surface area contributed by atoms with Crippen LogP contribution in [0.3, 0.4) is 0 Å². The summed E-state index contributed by atoms with van der Waals surface area (Å²) in [5.74, 6) is -0.0850. The van der Waals surface area contributed by atoms with Gasteiger partial charge in [-0.1, -0.05) is 13.8 Å². The molecule has 1 aliphatic rings. The van der Waals surface area contributed by atoms with E-state index < -0.39 is 0 Å². The topological polar surface area (TPSA) is 69.6 Å². The van der Waals surface area contributed by atoms with Crippen molar-refractivity contribution in [2.75, 3.05) is 26.2 Å². The van der Waals surface area contributed by atoms with Gasteiger partial charge in [-0.15, -0.1) is 0 Å². The van der Waals surface area contributed by atoms with Crippen LogP contribution in [0, 0.1) is 5.41 Å². The van der Waals surface area contributed by atoms with Crippen molar-refractivity contribution in [3.63, 3.8) is 0 Å². The fourth-order valence-electron chi connectivity index (χ4n) is 2.46. The van der Waals surface area contributed by atoms with Crippen LogP contribution >= 0.6 is 0 Å². The minimum Gasteiger partial charge on any atom is -0.396 e. The molecule has 1 fully saturated rings. The second-order valence-electron chi connectivity index (χ2n) is 5.42. The fourth-order valence-corrected chi connectivity index (χ4v) is 2.46. The van der Waals surface area contributed by atoms with Crippen molar-refractivity contribution in [2.45, 2.75) is 46.0 Å². The molecule has 0 saturated carbocycles. The first-order chi connectivity index (χ1) is 9.06. The molecule has 1 heterocycles. The number of carbonyl (C=O) groups excluding carboxylic acids is 2. The number of amides is 2. The van der Waals surface area contributed by atoms with Crippen molar-refractivity contribution in [1.82, 2.24) is 10.2 Å². The Hall–Kier alpha value is -1.10. The number of nitrogens with zero attached hydrogens (tertiary/aromatic N) is 1. The molecule has 5 nitrogen and oxygen atoms in total. The van der Waals surface area contributed by atoms with E-state index in [9.17, 15) is 14.7 Å². The molecule has 5 heteroatoms. The SMILES string of the molecule is CCCC(=O)NCC(=O)N1CCC(CC)(CO)CC1. The molecule has 0 bridgehead atoms. The lowest BCUT2D eigenvalue weighted by molar-refractivity contribution is -0.135. The zero-order chi connectivity index (χ0) is 14.3. The largest absolute Gasteiger partial charge is 0.396 e. The fraction of sp³-hybridized carbons (Fsp3) is 0.857. The van der Waals surface area contributed by atoms with E-state index in [2.05, 4.69) is 12.2 Å². The Bertz CT molecular complexity index is 304. The van der Waals surface area contributed by atoms with Gasteiger partial charge in [-0.3, -0.25) is 9.59 Å². The number of likely N-dealkylation sites (tertiary alicyclic amines) is 1. The molecule has 2 N–H and O–H groups in total. The summed E-state index contributed by atoms with van der Waals surface area (Å²) in [7, 11) is 0. The predicted octanol–water partition coefficient (Wildman–Crippen LogP) is 0.914. The molecule has 1 rings (SSSR count). The van der Waals surface area contributed by atoms with Crippen LogP contribution in [0.2, 0.25) is 0 Å². The van der Waals surface area contributed by atoms with E-state index in [0.717, 1.165) is 25.7 Å². The van der Waals surface area contributed by atoms with Crippen molar-refractivity contribution < 1.29 is 14.7 Å². The number of piperidine rings is 1. The number of nitrogens with one attached hydrogen (secondary N) is 1. The third-order valence-electron chi connectivity index (χ3n) is 4.18. The van der Waals surface area contributed by atoms with E-state index >= 15 is 0 Å². The number of aliphatic hydroxyl groups is 1. The molecule has 110 valence electrons. The summed E-state index contributed by atoms with van der Waals surface area (Å²) in [6, 6.07) is 0. The van der Waals surface area contributed by atoms with E-state index in [1.807, 2.05) is 6.92 Å². The van der Waals surface area contributed by atoms with Gasteiger partial charge in [-0.2, -0.15) is 0 Å². The molecule has 0 aliphatic carbocycles. The highest BCUT2D eigenvalue weighted by atomic mass is 16.3. The minimum absolute atomic E-state index is 0.0117. The molecule has 0 aromatic rings. The second kappa shape index (κ2) is 7.48. The molecule has 0 spiro atoms. The summed E-state index contributed by atoms with van der Waals surface area (Å²) >= 11 is 0. The van der Waals surface area contributed by atoms with Gasteiger partial charge in [-0.25, -0.2) is 0 Å². The van der Waals surface area contributed by atoms with Gasteiger partial charge in [0.2, 0.25) is 11.8 Å². The minimum atomic E-state index is -0.0638. The smallest absolute Gasteiger partial charge is 0.241 e. The lowest BCUT2D eigenvalue weighted by atomic mass is 9.77. The lowest BCUT2D eigenvalue weighted by Gasteiger charge is -2.40. The van der Waals surface area contributed by atoms with E-state index in [1.165, 1.54) is 0 Å². The van der Waals surface area contributed by atoms with Crippen LogP contribution in [0.25, 0.3) is 0 Å². The van der Waals surface area contributed by atoms with E-state index in [1.54, 1.807) is 4.90 Å². The van der Waals surface area contributed by atoms with Crippen molar-refractivity contribution in [2.24, 2.45) is 5.41 Å². The number of carbonyl (C=O) groups is 2. The molecule has 0 aromatic heterocycles. The maximum Gasteiger partial charge on any atom is 0.241 e. The molecule has 1 aliphatic heterocycles. The van der Waals surface area contributed by atoms with Crippen molar-refractivity contribution in [1.29, 1.82) is 0 Å². The highest BCUT2D eigenvalue weighted by Crippen LogP contribution is 2.34. The molecule has 0 atom stereocenters. The van der Waals surface area contributed by atoms with Gasteiger partial charge in [0.25, 0.3) is 0 Å². The quantitative estimate of drug-likeness (QED) is 0.754. The van der Waals surface area contributed by atoms with Crippen molar-refractivity contribution in [3.8, 4) is 0 Å². The van der Waals surface area contributed by atoms with Gasteiger partial charge < -0.3 is 15.3 Å². The molecule has 2 amide bonds. The Morgan fingerprint density at radius 1 is 1.26 bits per heavy atom. The number of rotatable bonds is 6. The Kier molecular flexibility index (Phi) is 6.28. The molecule has 19 heavy (non-hydrogen) atoms. The predicted molar refractivity (Wildman–Crippen MR) is 73.5 cm³/mol. The van der Waals surface area contributed by atoms with Crippen molar-refractivity contribution in [3.05, 3.63) is 0 Å². The zero-order valence-electron chi connectivity index (χ0n) is 12.1. The third-order valence-corrected chi connectivity index (χ3v) is 4.18. The van der Waals surface area contributed by atoms with E-state index in [-0.39, 0.29) is 30.4 Å². The van der Waals surface area contributed by atoms with Crippen LogP contribution in [-0.2, 0) is 9.59 Å². The maximum atomic E-state index is 11.9. The summed E-state index contributed by atoms with van der Waals surface area (Å²) in [6.07, 6.45) is 3.89. The summed E-state index contributed by atoms with van der Waals surface area (Å²) in [5, 5.41) is 12.1. The first-order valence-electron chi connectivity index (χ1n) is 7.22. The number of hydrogen-bond acceptors (Lipinski definition) is 3. The summed E-state index contributed by atoms with van der Waals surface area (Å²) < 4.78 is 0. The average molecular weight is 270 g/mol. The van der Waals surface area contributed by atoms with Gasteiger partial charge in [-0.05, 0) is 31.1 Å². The van der Waals surface area contributed by atoms with Crippen LogP contribution in [0.1, 0.15) is 46.0 Å². The van der Waals surface area contributed by atoms with E-state index in [4.69, 9.17) is 0 Å². The normalized spacial score (nSPS) is 18.2. The Morgan fingerprint density at radius 2 is 1.89 bits per heavy atom. The average Bonchev–Trinajstić information content (AvgIpc) is 2.45. The van der Waals surface area contributed by atoms with Gasteiger partial charge in [0.15, 0.2) is 0 Å². The molecular formula is C14H26N2O3. The Morgan fingerprint density at radius 3 is 2.37 bits per heavy atom. The zero-order valence-corrected chi connectivity index (χ0v) is 12.1. The van der Waals surface area contributed by atoms with Crippen LogP contribution < -0.4 is 5.32 Å². The standard InChI is InChI=1S/C14H26N2O3/c1-3-5-12(18)15-10-13(19)16-8-6-14(4-2,11-17)7-9-16/h17H,3-11H2,1-2H3,(H,15,18). The Balaban J connectivity index is 2.34. The molecule has 1 saturated heterocycles. The van der Waals surface area contributed by atoms with Gasteiger partial charge in [0.1, 0.15) is 0 Å². The van der Waals surface area contributed by atoms with Crippen LogP contribution in [0.5, 0.6) is 0 Å². The molecule has 0 aromatic carbocycles. The summed E-state index contributed by atoms with van der Waals surface area (Å²) in [5.41, 5.74) is -0.0117. The van der Waals surface area contributed by atoms with Gasteiger partial charge in [0.05, 0.1) is 6.54 Å². The van der Waals surface area contributed by atoms with Crippen LogP contribution in [0.4, 0.5) is 0 Å². The maximum absolute atomic E-state index is 11.9. The highest BCUT2D eigenvalue weighted by molar-refractivity contribution is 5.84. The number of hydrogen-bond donors (Lipinski definition) is 2. The van der Waals surface area contributed by atoms with Crippen molar-refractivity contribution >= 4 is 11.8 Å². The lowest BCUT2D eigenvalue weighted by Crippen LogP contribution is -2.47. The third kappa shape index (κ3) is 4.49. The molecule has 0 radical (unpaired) electrons. The first kappa shape index (κ1) is 16.0. The van der Waals surface area contributed by atoms with Crippen LogP contribution in [0.15, 0.2) is 0 Å². The van der Waals surface area contributed by atoms with E-state index in [0.29, 0.717) is 19.5 Å². The molecule has 0 unspecified atom stereocenters. The highest BCUT2D eigenvalue weighted by Gasteiger charge is 2.33. The Labute approximate surface area is 115 Å². The molecular weight excluding hydrogens is 244 g/mol. The second-order valence-corrected chi connectivity index (χ2v) is 5.42. The summed E-state index contributed by atoms with van der Waals surface area (Å²) in [6.45, 7) is 5.66. The first-order valence-corrected chi connectivity index (χ1v) is 7.22. The van der Waals surface area contributed by atoms with Gasteiger partial charge >= 0.3 is 0 Å². The number of aliphatic hydroxyl groups excluding tert-OH is 1.